The number of amides is 1. The first-order chi connectivity index (χ1) is 14.8. The SMILES string of the molecule is CC(=O)N(c1nc(CSc2nnc(-c3cccs3)n2N)cs1)c1c(C)cc(C)cc1C. The van der Waals surface area contributed by atoms with Crippen LogP contribution in [0.15, 0.2) is 40.2 Å². The fourth-order valence-corrected chi connectivity index (χ4v) is 5.90. The Morgan fingerprint density at radius 1 is 1.19 bits per heavy atom. The number of hydrogen-bond donors (Lipinski definition) is 1. The maximum Gasteiger partial charge on any atom is 0.230 e. The predicted octanol–water partition coefficient (Wildman–Crippen LogP) is 5.08. The van der Waals surface area contributed by atoms with Gasteiger partial charge in [0.15, 0.2) is 11.0 Å². The molecule has 0 atom stereocenters. The summed E-state index contributed by atoms with van der Waals surface area (Å²) in [7, 11) is 0. The average molecular weight is 471 g/mol. The number of aromatic nitrogens is 4. The molecule has 160 valence electrons. The molecular formula is C21H22N6OS3. The lowest BCUT2D eigenvalue weighted by atomic mass is 10.0. The number of carbonyl (C=O) groups is 1. The van der Waals surface area contributed by atoms with Crippen molar-refractivity contribution >= 4 is 51.2 Å². The predicted molar refractivity (Wildman–Crippen MR) is 129 cm³/mol. The summed E-state index contributed by atoms with van der Waals surface area (Å²) in [6.07, 6.45) is 0. The van der Waals surface area contributed by atoms with Crippen LogP contribution >= 0.6 is 34.4 Å². The Hall–Kier alpha value is -2.69. The van der Waals surface area contributed by atoms with E-state index in [0.717, 1.165) is 27.4 Å². The molecule has 31 heavy (non-hydrogen) atoms. The number of aryl methyl sites for hydroxylation is 3. The summed E-state index contributed by atoms with van der Waals surface area (Å²) in [5.74, 6) is 7.34. The first-order valence-electron chi connectivity index (χ1n) is 9.55. The summed E-state index contributed by atoms with van der Waals surface area (Å²) >= 11 is 4.49. The number of thiazole rings is 1. The highest BCUT2D eigenvalue weighted by Crippen LogP contribution is 2.35. The zero-order valence-corrected chi connectivity index (χ0v) is 20.1. The van der Waals surface area contributed by atoms with Gasteiger partial charge in [0.25, 0.3) is 0 Å². The lowest BCUT2D eigenvalue weighted by Gasteiger charge is -2.23. The van der Waals surface area contributed by atoms with Crippen molar-refractivity contribution < 1.29 is 4.79 Å². The van der Waals surface area contributed by atoms with Crippen molar-refractivity contribution in [2.75, 3.05) is 10.7 Å². The van der Waals surface area contributed by atoms with E-state index < -0.39 is 0 Å². The summed E-state index contributed by atoms with van der Waals surface area (Å²) in [5, 5.41) is 13.6. The highest BCUT2D eigenvalue weighted by atomic mass is 32.2. The molecule has 10 heteroatoms. The fraction of sp³-hybridized carbons (Fsp3) is 0.238. The van der Waals surface area contributed by atoms with Gasteiger partial charge in [-0.05, 0) is 43.3 Å². The second-order valence-corrected chi connectivity index (χ2v) is 9.89. The minimum atomic E-state index is -0.0640. The number of benzene rings is 1. The van der Waals surface area contributed by atoms with E-state index in [1.807, 2.05) is 36.7 Å². The van der Waals surface area contributed by atoms with Crippen molar-refractivity contribution in [3.8, 4) is 10.7 Å². The Morgan fingerprint density at radius 2 is 1.94 bits per heavy atom. The lowest BCUT2D eigenvalue weighted by Crippen LogP contribution is -2.24. The Bertz CT molecular complexity index is 1200. The normalized spacial score (nSPS) is 11.1. The molecule has 4 aromatic rings. The van der Waals surface area contributed by atoms with Crippen molar-refractivity contribution in [1.82, 2.24) is 19.9 Å². The van der Waals surface area contributed by atoms with Gasteiger partial charge >= 0.3 is 0 Å². The first-order valence-corrected chi connectivity index (χ1v) is 12.3. The summed E-state index contributed by atoms with van der Waals surface area (Å²) in [5.41, 5.74) is 5.03. The minimum absolute atomic E-state index is 0.0640. The molecule has 0 fully saturated rings. The average Bonchev–Trinajstić information content (AvgIpc) is 3.44. The summed E-state index contributed by atoms with van der Waals surface area (Å²) in [6, 6.07) is 8.09. The highest BCUT2D eigenvalue weighted by molar-refractivity contribution is 7.98. The molecule has 1 aromatic carbocycles. The highest BCUT2D eigenvalue weighted by Gasteiger charge is 2.22. The van der Waals surface area contributed by atoms with Gasteiger partial charge < -0.3 is 5.84 Å². The van der Waals surface area contributed by atoms with Gasteiger partial charge in [0, 0.05) is 18.1 Å². The molecular weight excluding hydrogens is 448 g/mol. The van der Waals surface area contributed by atoms with Gasteiger partial charge in [0.05, 0.1) is 16.3 Å². The van der Waals surface area contributed by atoms with E-state index in [9.17, 15) is 4.79 Å². The molecule has 3 heterocycles. The molecule has 0 aliphatic rings. The molecule has 0 saturated carbocycles. The van der Waals surface area contributed by atoms with Crippen molar-refractivity contribution in [3.63, 3.8) is 0 Å². The number of nitrogens with zero attached hydrogens (tertiary/aromatic N) is 5. The van der Waals surface area contributed by atoms with E-state index in [4.69, 9.17) is 10.8 Å². The molecule has 0 aliphatic carbocycles. The van der Waals surface area contributed by atoms with Crippen LogP contribution in [0.2, 0.25) is 0 Å². The molecule has 2 N–H and O–H groups in total. The Balaban J connectivity index is 1.55. The van der Waals surface area contributed by atoms with Crippen molar-refractivity contribution in [2.45, 2.75) is 38.6 Å². The van der Waals surface area contributed by atoms with Gasteiger partial charge in [-0.25, -0.2) is 9.66 Å². The molecule has 7 nitrogen and oxygen atoms in total. The molecule has 0 saturated heterocycles. The summed E-state index contributed by atoms with van der Waals surface area (Å²) in [6.45, 7) is 7.67. The summed E-state index contributed by atoms with van der Waals surface area (Å²) < 4.78 is 1.50. The minimum Gasteiger partial charge on any atom is -0.335 e. The number of nitrogen functional groups attached to an aromatic ring is 1. The zero-order chi connectivity index (χ0) is 22.1. The molecule has 4 rings (SSSR count). The van der Waals surface area contributed by atoms with E-state index in [1.165, 1.54) is 33.3 Å². The Kier molecular flexibility index (Phi) is 6.12. The van der Waals surface area contributed by atoms with E-state index in [2.05, 4.69) is 29.3 Å². The Morgan fingerprint density at radius 3 is 2.58 bits per heavy atom. The van der Waals surface area contributed by atoms with Crippen LogP contribution in [0, 0.1) is 20.8 Å². The number of nitrogens with two attached hydrogens (primary N) is 1. The number of rotatable bonds is 6. The second kappa shape index (κ2) is 8.81. The largest absolute Gasteiger partial charge is 0.335 e. The van der Waals surface area contributed by atoms with Crippen LogP contribution in [0.3, 0.4) is 0 Å². The monoisotopic (exact) mass is 470 g/mol. The van der Waals surface area contributed by atoms with Crippen LogP contribution in [0.5, 0.6) is 0 Å². The molecule has 1 amide bonds. The molecule has 0 radical (unpaired) electrons. The number of hydrogen-bond acceptors (Lipinski definition) is 8. The third kappa shape index (κ3) is 4.36. The molecule has 0 aliphatic heterocycles. The van der Waals surface area contributed by atoms with Crippen LogP contribution in [0.25, 0.3) is 10.7 Å². The van der Waals surface area contributed by atoms with E-state index in [0.29, 0.717) is 21.9 Å². The number of anilines is 2. The number of thioether (sulfide) groups is 1. The van der Waals surface area contributed by atoms with Gasteiger partial charge in [-0.2, -0.15) is 0 Å². The molecule has 0 bridgehead atoms. The first kappa shape index (κ1) is 21.5. The standard InChI is InChI=1S/C21H22N6OS3/c1-12-8-13(2)18(14(3)9-12)26(15(4)28)20-23-16(10-30-20)11-31-21-25-24-19(27(21)22)17-6-5-7-29-17/h5-10H,11,22H2,1-4H3. The van der Waals surface area contributed by atoms with Gasteiger partial charge in [-0.15, -0.1) is 32.9 Å². The molecule has 0 unspecified atom stereocenters. The zero-order valence-electron chi connectivity index (χ0n) is 17.6. The molecule has 0 spiro atoms. The van der Waals surface area contributed by atoms with Crippen LogP contribution in [-0.2, 0) is 10.5 Å². The van der Waals surface area contributed by atoms with Crippen molar-refractivity contribution in [1.29, 1.82) is 0 Å². The third-order valence-corrected chi connectivity index (χ3v) is 7.38. The van der Waals surface area contributed by atoms with E-state index in [-0.39, 0.29) is 5.91 Å². The van der Waals surface area contributed by atoms with Gasteiger partial charge in [-0.3, -0.25) is 9.69 Å². The van der Waals surface area contributed by atoms with Gasteiger partial charge in [-0.1, -0.05) is 35.5 Å². The van der Waals surface area contributed by atoms with Crippen LogP contribution in [-0.4, -0.2) is 25.8 Å². The lowest BCUT2D eigenvalue weighted by molar-refractivity contribution is -0.115. The second-order valence-electron chi connectivity index (χ2n) is 7.17. The quantitative estimate of drug-likeness (QED) is 0.312. The third-order valence-electron chi connectivity index (χ3n) is 4.66. The summed E-state index contributed by atoms with van der Waals surface area (Å²) in [4.78, 5) is 19.9. The number of thiophene rings is 1. The van der Waals surface area contributed by atoms with Crippen molar-refractivity contribution in [2.24, 2.45) is 0 Å². The Labute approximate surface area is 192 Å². The topological polar surface area (TPSA) is 89.9 Å². The van der Waals surface area contributed by atoms with Crippen LogP contribution in [0.1, 0.15) is 29.3 Å². The van der Waals surface area contributed by atoms with Gasteiger partial charge in [0.2, 0.25) is 11.1 Å². The smallest absolute Gasteiger partial charge is 0.230 e. The van der Waals surface area contributed by atoms with Crippen molar-refractivity contribution in [3.05, 3.63) is 57.4 Å². The molecule has 3 aromatic heterocycles. The van der Waals surface area contributed by atoms with Crippen LogP contribution in [0.4, 0.5) is 10.8 Å². The van der Waals surface area contributed by atoms with E-state index >= 15 is 0 Å². The van der Waals surface area contributed by atoms with Crippen LogP contribution < -0.4 is 10.7 Å². The van der Waals surface area contributed by atoms with E-state index in [1.54, 1.807) is 23.2 Å². The fourth-order valence-electron chi connectivity index (χ4n) is 3.47. The van der Waals surface area contributed by atoms with Gasteiger partial charge in [0.1, 0.15) is 0 Å². The maximum atomic E-state index is 12.5. The number of carbonyl (C=O) groups excluding carboxylic acids is 1. The maximum absolute atomic E-state index is 12.5.